The molecule has 1 saturated heterocycles. The molecular formula is C18H19F3N2O3S. The molecular weight excluding hydrogens is 381 g/mol. The van der Waals surface area contributed by atoms with Crippen molar-refractivity contribution in [2.75, 3.05) is 13.2 Å². The Morgan fingerprint density at radius 3 is 2.78 bits per heavy atom. The van der Waals surface area contributed by atoms with Gasteiger partial charge in [-0.25, -0.2) is 0 Å². The number of ether oxygens (including phenoxy) is 1. The van der Waals surface area contributed by atoms with Crippen molar-refractivity contribution >= 4 is 17.2 Å². The van der Waals surface area contributed by atoms with Crippen LogP contribution in [0.4, 0.5) is 13.2 Å². The Balaban J connectivity index is 1.78. The minimum absolute atomic E-state index is 0.0906. The molecule has 1 amide bonds. The van der Waals surface area contributed by atoms with E-state index in [4.69, 9.17) is 4.74 Å². The van der Waals surface area contributed by atoms with Gasteiger partial charge in [0.1, 0.15) is 12.1 Å². The van der Waals surface area contributed by atoms with E-state index in [2.05, 4.69) is 0 Å². The summed E-state index contributed by atoms with van der Waals surface area (Å²) >= 11 is 1.49. The van der Waals surface area contributed by atoms with Crippen LogP contribution in [0.3, 0.4) is 0 Å². The smallest absolute Gasteiger partial charge is 0.376 e. The summed E-state index contributed by atoms with van der Waals surface area (Å²) in [6.45, 7) is 0.883. The van der Waals surface area contributed by atoms with Crippen LogP contribution in [0.15, 0.2) is 40.6 Å². The summed E-state index contributed by atoms with van der Waals surface area (Å²) in [5.41, 5.74) is -2.49. The third kappa shape index (κ3) is 4.98. The number of halogens is 3. The summed E-state index contributed by atoms with van der Waals surface area (Å²) < 4.78 is 45.2. The van der Waals surface area contributed by atoms with Crippen molar-refractivity contribution in [3.63, 3.8) is 0 Å². The molecule has 2 aromatic heterocycles. The quantitative estimate of drug-likeness (QED) is 0.749. The summed E-state index contributed by atoms with van der Waals surface area (Å²) in [4.78, 5) is 27.4. The highest BCUT2D eigenvalue weighted by atomic mass is 32.1. The maximum atomic E-state index is 12.9. The lowest BCUT2D eigenvalue weighted by molar-refractivity contribution is -0.140. The Kier molecular flexibility index (Phi) is 6.01. The van der Waals surface area contributed by atoms with Crippen LogP contribution in [0.1, 0.15) is 23.3 Å². The van der Waals surface area contributed by atoms with Crippen molar-refractivity contribution in [3.8, 4) is 0 Å². The van der Waals surface area contributed by atoms with Gasteiger partial charge in [0.05, 0.1) is 12.6 Å². The number of rotatable bonds is 6. The molecule has 27 heavy (non-hydrogen) atoms. The Morgan fingerprint density at radius 1 is 1.33 bits per heavy atom. The van der Waals surface area contributed by atoms with Gasteiger partial charge in [0.25, 0.3) is 5.56 Å². The molecule has 0 saturated carbocycles. The van der Waals surface area contributed by atoms with E-state index in [0.29, 0.717) is 19.7 Å². The highest BCUT2D eigenvalue weighted by Gasteiger charge is 2.34. The number of hydrogen-bond donors (Lipinski definition) is 0. The average molecular weight is 400 g/mol. The van der Waals surface area contributed by atoms with Crippen LogP contribution >= 0.6 is 11.3 Å². The molecule has 0 aromatic carbocycles. The molecule has 5 nitrogen and oxygen atoms in total. The Hall–Kier alpha value is -2.13. The molecule has 1 atom stereocenters. The molecule has 146 valence electrons. The first-order chi connectivity index (χ1) is 12.8. The monoisotopic (exact) mass is 400 g/mol. The minimum atomic E-state index is -4.75. The largest absolute Gasteiger partial charge is 0.421 e. The van der Waals surface area contributed by atoms with Crippen LogP contribution in [0.5, 0.6) is 0 Å². The van der Waals surface area contributed by atoms with Crippen LogP contribution in [0.25, 0.3) is 0 Å². The van der Waals surface area contributed by atoms with Crippen molar-refractivity contribution < 1.29 is 22.7 Å². The average Bonchev–Trinajstić information content (AvgIpc) is 3.29. The molecule has 1 unspecified atom stereocenters. The maximum absolute atomic E-state index is 12.9. The van der Waals surface area contributed by atoms with Gasteiger partial charge in [-0.2, -0.15) is 13.2 Å². The second-order valence-electron chi connectivity index (χ2n) is 6.34. The number of pyridine rings is 1. The summed E-state index contributed by atoms with van der Waals surface area (Å²) in [7, 11) is 0. The standard InChI is InChI=1S/C18H19F3N2O3S/c19-18(20,21)15-6-1-7-22(17(15)25)12-16(24)23(10-13-4-2-8-26-13)11-14-5-3-9-27-14/h1,3,5-7,9,13H,2,4,8,10-12H2. The second-order valence-corrected chi connectivity index (χ2v) is 7.37. The lowest BCUT2D eigenvalue weighted by atomic mass is 10.2. The molecule has 3 heterocycles. The molecule has 1 fully saturated rings. The molecule has 3 rings (SSSR count). The summed E-state index contributed by atoms with van der Waals surface area (Å²) in [6, 6.07) is 5.60. The van der Waals surface area contributed by atoms with Crippen molar-refractivity contribution in [2.45, 2.75) is 38.2 Å². The zero-order valence-corrected chi connectivity index (χ0v) is 15.3. The first kappa shape index (κ1) is 19.6. The van der Waals surface area contributed by atoms with Crippen LogP contribution in [0.2, 0.25) is 0 Å². The maximum Gasteiger partial charge on any atom is 0.421 e. The molecule has 9 heteroatoms. The van der Waals surface area contributed by atoms with Crippen LogP contribution in [0, 0.1) is 0 Å². The van der Waals surface area contributed by atoms with E-state index >= 15 is 0 Å². The van der Waals surface area contributed by atoms with Gasteiger partial charge < -0.3 is 14.2 Å². The zero-order chi connectivity index (χ0) is 19.4. The first-order valence-corrected chi connectivity index (χ1v) is 9.41. The zero-order valence-electron chi connectivity index (χ0n) is 14.4. The van der Waals surface area contributed by atoms with E-state index in [9.17, 15) is 22.8 Å². The van der Waals surface area contributed by atoms with E-state index in [1.165, 1.54) is 17.5 Å². The molecule has 0 aliphatic carbocycles. The first-order valence-electron chi connectivity index (χ1n) is 8.53. The van der Waals surface area contributed by atoms with Gasteiger partial charge in [0.15, 0.2) is 0 Å². The minimum Gasteiger partial charge on any atom is -0.376 e. The summed E-state index contributed by atoms with van der Waals surface area (Å²) in [5, 5.41) is 1.89. The number of amides is 1. The number of nitrogens with zero attached hydrogens (tertiary/aromatic N) is 2. The number of alkyl halides is 3. The molecule has 2 aromatic rings. The molecule has 0 bridgehead atoms. The fourth-order valence-corrected chi connectivity index (χ4v) is 3.72. The van der Waals surface area contributed by atoms with Gasteiger partial charge in [-0.1, -0.05) is 6.07 Å². The molecule has 1 aliphatic heterocycles. The van der Waals surface area contributed by atoms with Crippen LogP contribution in [-0.4, -0.2) is 34.6 Å². The van der Waals surface area contributed by atoms with Gasteiger partial charge in [0.2, 0.25) is 5.91 Å². The normalized spacial score (nSPS) is 17.2. The lowest BCUT2D eigenvalue weighted by Crippen LogP contribution is -2.40. The topological polar surface area (TPSA) is 51.5 Å². The fourth-order valence-electron chi connectivity index (χ4n) is 3.00. The van der Waals surface area contributed by atoms with Crippen molar-refractivity contribution in [2.24, 2.45) is 0 Å². The van der Waals surface area contributed by atoms with Gasteiger partial charge in [-0.15, -0.1) is 11.3 Å². The highest BCUT2D eigenvalue weighted by molar-refractivity contribution is 7.09. The van der Waals surface area contributed by atoms with E-state index in [0.717, 1.165) is 34.4 Å². The van der Waals surface area contributed by atoms with E-state index < -0.39 is 29.8 Å². The number of carbonyl (C=O) groups is 1. The summed E-state index contributed by atoms with van der Waals surface area (Å²) in [5.74, 6) is -0.416. The van der Waals surface area contributed by atoms with E-state index in [1.807, 2.05) is 17.5 Å². The Labute approximate surface area is 158 Å². The van der Waals surface area contributed by atoms with E-state index in [-0.39, 0.29) is 6.10 Å². The number of thiophene rings is 1. The van der Waals surface area contributed by atoms with Crippen LogP contribution < -0.4 is 5.56 Å². The SMILES string of the molecule is O=C(Cn1cccc(C(F)(F)F)c1=O)N(Cc1cccs1)CC1CCCO1. The van der Waals surface area contributed by atoms with Crippen molar-refractivity contribution in [1.29, 1.82) is 0 Å². The molecule has 0 radical (unpaired) electrons. The van der Waals surface area contributed by atoms with Crippen molar-refractivity contribution in [3.05, 3.63) is 56.6 Å². The predicted molar refractivity (Wildman–Crippen MR) is 94.4 cm³/mol. The number of aromatic nitrogens is 1. The van der Waals surface area contributed by atoms with Gasteiger partial charge >= 0.3 is 6.18 Å². The predicted octanol–water partition coefficient (Wildman–Crippen LogP) is 3.14. The Bertz CT molecular complexity index is 827. The van der Waals surface area contributed by atoms with Gasteiger partial charge in [-0.05, 0) is 36.4 Å². The van der Waals surface area contributed by atoms with Crippen molar-refractivity contribution in [1.82, 2.24) is 9.47 Å². The molecule has 1 aliphatic rings. The van der Waals surface area contributed by atoms with Crippen LogP contribution in [-0.2, 0) is 28.8 Å². The van der Waals surface area contributed by atoms with E-state index in [1.54, 1.807) is 4.90 Å². The third-order valence-corrected chi connectivity index (χ3v) is 5.22. The Morgan fingerprint density at radius 2 is 2.15 bits per heavy atom. The highest BCUT2D eigenvalue weighted by Crippen LogP contribution is 2.26. The molecule has 0 spiro atoms. The lowest BCUT2D eigenvalue weighted by Gasteiger charge is -2.25. The third-order valence-electron chi connectivity index (χ3n) is 4.36. The van der Waals surface area contributed by atoms with Gasteiger partial charge in [0, 0.05) is 24.2 Å². The number of carbonyl (C=O) groups excluding carboxylic acids is 1. The second kappa shape index (κ2) is 8.26. The van der Waals surface area contributed by atoms with Gasteiger partial charge in [-0.3, -0.25) is 9.59 Å². The fraction of sp³-hybridized carbons (Fsp3) is 0.444. The molecule has 0 N–H and O–H groups in total. The summed E-state index contributed by atoms with van der Waals surface area (Å²) in [6.07, 6.45) is -1.90. The number of hydrogen-bond acceptors (Lipinski definition) is 4.